The van der Waals surface area contributed by atoms with Gasteiger partial charge in [-0.1, -0.05) is 6.07 Å². The lowest BCUT2D eigenvalue weighted by atomic mass is 9.77. The summed E-state index contributed by atoms with van der Waals surface area (Å²) in [7, 11) is 0. The largest absolute Gasteiger partial charge is 0.464 e. The number of hydrogen-bond donors (Lipinski definition) is 0. The molecule has 1 aromatic heterocycles. The van der Waals surface area contributed by atoms with Crippen LogP contribution in [0.2, 0.25) is 0 Å². The number of rotatable bonds is 3. The minimum atomic E-state index is -1.98. The second kappa shape index (κ2) is 5.79. The van der Waals surface area contributed by atoms with Crippen LogP contribution in [0.3, 0.4) is 0 Å². The van der Waals surface area contributed by atoms with Crippen LogP contribution in [-0.4, -0.2) is 41.5 Å². The number of carbonyl (C=O) groups is 2. The van der Waals surface area contributed by atoms with Gasteiger partial charge in [0.25, 0.3) is 0 Å². The molecule has 0 aromatic carbocycles. The fraction of sp³-hybridized carbons (Fsp3) is 0.562. The maximum Gasteiger partial charge on any atom is 0.416 e. The van der Waals surface area contributed by atoms with E-state index >= 15 is 0 Å². The zero-order valence-electron chi connectivity index (χ0n) is 13.0. The Morgan fingerprint density at radius 2 is 2.13 bits per heavy atom. The van der Waals surface area contributed by atoms with Gasteiger partial charge in [0.15, 0.2) is 0 Å². The summed E-state index contributed by atoms with van der Waals surface area (Å²) >= 11 is 0. The van der Waals surface area contributed by atoms with Crippen molar-refractivity contribution in [2.75, 3.05) is 18.1 Å². The second-order valence-electron chi connectivity index (χ2n) is 6.01. The molecule has 1 saturated heterocycles. The van der Waals surface area contributed by atoms with E-state index in [0.717, 1.165) is 0 Å². The van der Waals surface area contributed by atoms with Crippen molar-refractivity contribution in [2.24, 2.45) is 0 Å². The molecule has 2 fully saturated rings. The highest BCUT2D eigenvalue weighted by molar-refractivity contribution is 5.89. The molecule has 1 aromatic rings. The number of ether oxygens (including phenoxy) is 2. The Hall–Kier alpha value is -2.18. The number of hydrogen-bond acceptors (Lipinski definition) is 5. The van der Waals surface area contributed by atoms with E-state index in [1.807, 2.05) is 0 Å². The molecular weight excluding hydrogens is 303 g/mol. The number of anilines is 1. The zero-order valence-corrected chi connectivity index (χ0v) is 13.0. The van der Waals surface area contributed by atoms with E-state index in [9.17, 15) is 14.0 Å². The number of alkyl halides is 1. The average Bonchev–Trinajstić information content (AvgIpc) is 2.89. The first-order valence-electron chi connectivity index (χ1n) is 7.76. The van der Waals surface area contributed by atoms with E-state index in [0.29, 0.717) is 12.4 Å². The number of nitrogens with zero attached hydrogens (tertiary/aromatic N) is 2. The van der Waals surface area contributed by atoms with Gasteiger partial charge in [-0.15, -0.1) is 0 Å². The highest BCUT2D eigenvalue weighted by atomic mass is 19.1. The van der Waals surface area contributed by atoms with E-state index in [1.54, 1.807) is 31.3 Å². The van der Waals surface area contributed by atoms with Gasteiger partial charge in [-0.3, -0.25) is 4.90 Å². The molecule has 2 aliphatic rings. The summed E-state index contributed by atoms with van der Waals surface area (Å²) in [6, 6.07) is 5.27. The lowest BCUT2D eigenvalue weighted by molar-refractivity contribution is -0.162. The van der Waals surface area contributed by atoms with Crippen molar-refractivity contribution < 1.29 is 23.5 Å². The predicted octanol–water partition coefficient (Wildman–Crippen LogP) is 2.62. The van der Waals surface area contributed by atoms with Crippen LogP contribution in [-0.2, 0) is 14.3 Å². The van der Waals surface area contributed by atoms with Gasteiger partial charge in [-0.2, -0.15) is 0 Å². The van der Waals surface area contributed by atoms with E-state index < -0.39 is 23.3 Å². The third-order valence-electron chi connectivity index (χ3n) is 4.49. The Balaban J connectivity index is 1.70. The van der Waals surface area contributed by atoms with E-state index in [1.165, 1.54) is 4.90 Å². The highest BCUT2D eigenvalue weighted by Gasteiger charge is 2.54. The normalized spacial score (nSPS) is 30.3. The summed E-state index contributed by atoms with van der Waals surface area (Å²) in [5.41, 5.74) is -2.73. The fourth-order valence-electron chi connectivity index (χ4n) is 3.14. The quantitative estimate of drug-likeness (QED) is 0.800. The summed E-state index contributed by atoms with van der Waals surface area (Å²) in [4.78, 5) is 29.5. The number of aromatic nitrogens is 1. The molecule has 6 nitrogen and oxygen atoms in total. The summed E-state index contributed by atoms with van der Waals surface area (Å²) in [5.74, 6) is -0.308. The fourth-order valence-corrected chi connectivity index (χ4v) is 3.14. The molecule has 0 N–H and O–H groups in total. The standard InChI is InChI=1S/C16H19FN2O4/c1-2-22-13(20)16(17)8-6-15(7-9-16)11-19(14(21)23-15)12-5-3-4-10-18-12/h3-5,10H,2,6-9,11H2,1H3. The van der Waals surface area contributed by atoms with Crippen molar-refractivity contribution in [2.45, 2.75) is 43.9 Å². The van der Waals surface area contributed by atoms with Crippen LogP contribution in [0.15, 0.2) is 24.4 Å². The topological polar surface area (TPSA) is 68.7 Å². The molecule has 0 radical (unpaired) electrons. The molecule has 1 saturated carbocycles. The Labute approximate surface area is 133 Å². The molecule has 0 atom stereocenters. The van der Waals surface area contributed by atoms with Gasteiger partial charge in [0.05, 0.1) is 13.2 Å². The minimum absolute atomic E-state index is 0.00479. The molecular formula is C16H19FN2O4. The van der Waals surface area contributed by atoms with Crippen molar-refractivity contribution in [1.82, 2.24) is 4.98 Å². The van der Waals surface area contributed by atoms with Crippen LogP contribution in [0.25, 0.3) is 0 Å². The molecule has 124 valence electrons. The van der Waals surface area contributed by atoms with Crippen LogP contribution in [0.5, 0.6) is 0 Å². The van der Waals surface area contributed by atoms with Crippen LogP contribution in [0.4, 0.5) is 15.0 Å². The Kier molecular flexibility index (Phi) is 3.95. The molecule has 3 rings (SSSR count). The predicted molar refractivity (Wildman–Crippen MR) is 79.7 cm³/mol. The SMILES string of the molecule is CCOC(=O)C1(F)CCC2(CC1)CN(c1ccccn1)C(=O)O2. The summed E-state index contributed by atoms with van der Waals surface area (Å²) < 4.78 is 25.0. The number of carbonyl (C=O) groups excluding carboxylic acids is 2. The Morgan fingerprint density at radius 3 is 2.74 bits per heavy atom. The zero-order chi connectivity index (χ0) is 16.5. The van der Waals surface area contributed by atoms with Gasteiger partial charge in [0.1, 0.15) is 11.4 Å². The number of pyridine rings is 1. The number of esters is 1. The van der Waals surface area contributed by atoms with Gasteiger partial charge >= 0.3 is 12.1 Å². The van der Waals surface area contributed by atoms with Gasteiger partial charge in [-0.05, 0) is 44.7 Å². The summed E-state index contributed by atoms with van der Waals surface area (Å²) in [6.07, 6.45) is 1.69. The van der Waals surface area contributed by atoms with Crippen molar-refractivity contribution in [3.63, 3.8) is 0 Å². The number of halogens is 1. The molecule has 1 spiro atoms. The second-order valence-corrected chi connectivity index (χ2v) is 6.01. The van der Waals surface area contributed by atoms with Crippen molar-refractivity contribution in [3.05, 3.63) is 24.4 Å². The first kappa shape index (κ1) is 15.7. The lowest BCUT2D eigenvalue weighted by Gasteiger charge is -2.37. The van der Waals surface area contributed by atoms with E-state index in [-0.39, 0.29) is 32.3 Å². The monoisotopic (exact) mass is 322 g/mol. The van der Waals surface area contributed by atoms with Crippen LogP contribution in [0.1, 0.15) is 32.6 Å². The molecule has 23 heavy (non-hydrogen) atoms. The van der Waals surface area contributed by atoms with Crippen LogP contribution < -0.4 is 4.90 Å². The summed E-state index contributed by atoms with van der Waals surface area (Å²) in [5, 5.41) is 0. The molecule has 1 aliphatic heterocycles. The Bertz CT molecular complexity index is 599. The number of amides is 1. The molecule has 0 unspecified atom stereocenters. The van der Waals surface area contributed by atoms with Gasteiger partial charge < -0.3 is 9.47 Å². The van der Waals surface area contributed by atoms with Gasteiger partial charge in [0, 0.05) is 6.20 Å². The first-order valence-corrected chi connectivity index (χ1v) is 7.76. The molecule has 2 heterocycles. The molecule has 1 aliphatic carbocycles. The van der Waals surface area contributed by atoms with Crippen LogP contribution >= 0.6 is 0 Å². The first-order chi connectivity index (χ1) is 11.0. The van der Waals surface area contributed by atoms with E-state index in [2.05, 4.69) is 4.98 Å². The molecule has 7 heteroatoms. The molecule has 0 bridgehead atoms. The van der Waals surface area contributed by atoms with Crippen molar-refractivity contribution in [1.29, 1.82) is 0 Å². The molecule has 1 amide bonds. The minimum Gasteiger partial charge on any atom is -0.464 e. The summed E-state index contributed by atoms with van der Waals surface area (Å²) in [6.45, 7) is 2.12. The maximum atomic E-state index is 14.7. The van der Waals surface area contributed by atoms with Gasteiger partial charge in [0.2, 0.25) is 5.67 Å². The average molecular weight is 322 g/mol. The third-order valence-corrected chi connectivity index (χ3v) is 4.49. The third kappa shape index (κ3) is 2.87. The van der Waals surface area contributed by atoms with Crippen molar-refractivity contribution in [3.8, 4) is 0 Å². The maximum absolute atomic E-state index is 14.7. The van der Waals surface area contributed by atoms with Crippen molar-refractivity contribution >= 4 is 17.9 Å². The van der Waals surface area contributed by atoms with Crippen LogP contribution in [0, 0.1) is 0 Å². The highest BCUT2D eigenvalue weighted by Crippen LogP contribution is 2.44. The van der Waals surface area contributed by atoms with Gasteiger partial charge in [-0.25, -0.2) is 19.0 Å². The Morgan fingerprint density at radius 1 is 1.39 bits per heavy atom. The van der Waals surface area contributed by atoms with E-state index in [4.69, 9.17) is 9.47 Å². The lowest BCUT2D eigenvalue weighted by Crippen LogP contribution is -2.47. The smallest absolute Gasteiger partial charge is 0.416 e.